The quantitative estimate of drug-likeness (QED) is 0.772. The SMILES string of the molecule is CCOCCNC(=O)c1cccc2c1OCCN2. The lowest BCUT2D eigenvalue weighted by Gasteiger charge is -2.21. The van der Waals surface area contributed by atoms with Gasteiger partial charge >= 0.3 is 0 Å². The summed E-state index contributed by atoms with van der Waals surface area (Å²) in [5.74, 6) is 0.507. The average molecular weight is 250 g/mol. The molecule has 0 spiro atoms. The molecule has 1 aromatic carbocycles. The fourth-order valence-corrected chi connectivity index (χ4v) is 1.83. The third kappa shape index (κ3) is 2.92. The number of hydrogen-bond acceptors (Lipinski definition) is 4. The van der Waals surface area contributed by atoms with E-state index in [1.165, 1.54) is 0 Å². The number of hydrogen-bond donors (Lipinski definition) is 2. The number of carbonyl (C=O) groups is 1. The molecule has 5 nitrogen and oxygen atoms in total. The van der Waals surface area contributed by atoms with Crippen molar-refractivity contribution in [1.29, 1.82) is 0 Å². The van der Waals surface area contributed by atoms with Gasteiger partial charge in [-0.25, -0.2) is 0 Å². The first-order chi connectivity index (χ1) is 8.83. The van der Waals surface area contributed by atoms with Gasteiger partial charge in [0.2, 0.25) is 0 Å². The van der Waals surface area contributed by atoms with Gasteiger partial charge in [-0.1, -0.05) is 6.07 Å². The summed E-state index contributed by atoms with van der Waals surface area (Å²) in [5, 5.41) is 6.02. The zero-order valence-corrected chi connectivity index (χ0v) is 10.5. The molecule has 0 saturated carbocycles. The molecule has 1 aliphatic heterocycles. The van der Waals surface area contributed by atoms with E-state index in [1.54, 1.807) is 6.07 Å². The minimum atomic E-state index is -0.129. The van der Waals surface area contributed by atoms with Crippen LogP contribution >= 0.6 is 0 Å². The Morgan fingerprint density at radius 3 is 3.28 bits per heavy atom. The topological polar surface area (TPSA) is 59.6 Å². The summed E-state index contributed by atoms with van der Waals surface area (Å²) in [6.45, 7) is 4.96. The zero-order chi connectivity index (χ0) is 12.8. The van der Waals surface area contributed by atoms with Gasteiger partial charge in [0.15, 0.2) is 5.75 Å². The third-order valence-corrected chi connectivity index (χ3v) is 2.66. The number of para-hydroxylation sites is 1. The predicted octanol–water partition coefficient (Wildman–Crippen LogP) is 1.26. The van der Waals surface area contributed by atoms with Crippen molar-refractivity contribution in [3.05, 3.63) is 23.8 Å². The normalized spacial score (nSPS) is 13.2. The first kappa shape index (κ1) is 12.7. The summed E-state index contributed by atoms with van der Waals surface area (Å²) in [4.78, 5) is 12.0. The Labute approximate surface area is 106 Å². The van der Waals surface area contributed by atoms with Crippen molar-refractivity contribution in [3.8, 4) is 5.75 Å². The van der Waals surface area contributed by atoms with Gasteiger partial charge < -0.3 is 20.1 Å². The second-order valence-electron chi connectivity index (χ2n) is 3.91. The summed E-state index contributed by atoms with van der Waals surface area (Å²) < 4.78 is 10.7. The molecule has 0 aromatic heterocycles. The van der Waals surface area contributed by atoms with E-state index in [0.717, 1.165) is 12.2 Å². The number of rotatable bonds is 5. The van der Waals surface area contributed by atoms with Crippen LogP contribution in [0.5, 0.6) is 5.75 Å². The summed E-state index contributed by atoms with van der Waals surface area (Å²) >= 11 is 0. The molecule has 1 amide bonds. The van der Waals surface area contributed by atoms with E-state index in [-0.39, 0.29) is 5.91 Å². The summed E-state index contributed by atoms with van der Waals surface area (Å²) in [6.07, 6.45) is 0. The second-order valence-corrected chi connectivity index (χ2v) is 3.91. The van der Waals surface area contributed by atoms with Crippen molar-refractivity contribution in [2.24, 2.45) is 0 Å². The van der Waals surface area contributed by atoms with E-state index in [9.17, 15) is 4.79 Å². The Bertz CT molecular complexity index is 421. The lowest BCUT2D eigenvalue weighted by atomic mass is 10.1. The van der Waals surface area contributed by atoms with E-state index >= 15 is 0 Å². The largest absolute Gasteiger partial charge is 0.489 e. The molecular weight excluding hydrogens is 232 g/mol. The molecule has 1 aliphatic rings. The number of amides is 1. The maximum Gasteiger partial charge on any atom is 0.255 e. The Balaban J connectivity index is 2.01. The molecule has 0 radical (unpaired) electrons. The molecule has 0 saturated heterocycles. The van der Waals surface area contributed by atoms with Crippen LogP contribution in [0.25, 0.3) is 0 Å². The molecule has 0 atom stereocenters. The first-order valence-corrected chi connectivity index (χ1v) is 6.18. The monoisotopic (exact) mass is 250 g/mol. The van der Waals surface area contributed by atoms with E-state index < -0.39 is 0 Å². The molecule has 1 heterocycles. The molecule has 98 valence electrons. The van der Waals surface area contributed by atoms with Gasteiger partial charge in [-0.05, 0) is 19.1 Å². The lowest BCUT2D eigenvalue weighted by molar-refractivity contribution is 0.0918. The van der Waals surface area contributed by atoms with E-state index in [1.807, 2.05) is 19.1 Å². The van der Waals surface area contributed by atoms with Gasteiger partial charge in [0.25, 0.3) is 5.91 Å². The second kappa shape index (κ2) is 6.26. The van der Waals surface area contributed by atoms with E-state index in [2.05, 4.69) is 10.6 Å². The fraction of sp³-hybridized carbons (Fsp3) is 0.462. The molecule has 0 aliphatic carbocycles. The number of fused-ring (bicyclic) bond motifs is 1. The number of anilines is 1. The Morgan fingerprint density at radius 1 is 1.56 bits per heavy atom. The molecule has 2 rings (SSSR count). The highest BCUT2D eigenvalue weighted by Gasteiger charge is 2.18. The van der Waals surface area contributed by atoms with Crippen LogP contribution in [0.3, 0.4) is 0 Å². The maximum atomic E-state index is 12.0. The highest BCUT2D eigenvalue weighted by molar-refractivity contribution is 5.98. The summed E-state index contributed by atoms with van der Waals surface area (Å²) in [6, 6.07) is 5.52. The standard InChI is InChI=1S/C13H18N2O3/c1-2-17-8-6-15-13(16)10-4-3-5-11-12(10)18-9-7-14-11/h3-5,14H,2,6-9H2,1H3,(H,15,16). The van der Waals surface area contributed by atoms with Crippen LogP contribution in [0.15, 0.2) is 18.2 Å². The number of ether oxygens (including phenoxy) is 2. The highest BCUT2D eigenvalue weighted by atomic mass is 16.5. The van der Waals surface area contributed by atoms with Gasteiger partial charge in [0.1, 0.15) is 6.61 Å². The van der Waals surface area contributed by atoms with Crippen LogP contribution in [0.2, 0.25) is 0 Å². The van der Waals surface area contributed by atoms with Crippen LogP contribution < -0.4 is 15.4 Å². The molecule has 18 heavy (non-hydrogen) atoms. The Morgan fingerprint density at radius 2 is 2.44 bits per heavy atom. The highest BCUT2D eigenvalue weighted by Crippen LogP contribution is 2.30. The minimum Gasteiger partial charge on any atom is -0.489 e. The minimum absolute atomic E-state index is 0.129. The number of nitrogens with one attached hydrogen (secondary N) is 2. The predicted molar refractivity (Wildman–Crippen MR) is 69.3 cm³/mol. The van der Waals surface area contributed by atoms with Crippen molar-refractivity contribution in [3.63, 3.8) is 0 Å². The van der Waals surface area contributed by atoms with Crippen molar-refractivity contribution < 1.29 is 14.3 Å². The van der Waals surface area contributed by atoms with Crippen LogP contribution in [0.1, 0.15) is 17.3 Å². The van der Waals surface area contributed by atoms with Crippen molar-refractivity contribution in [2.75, 3.05) is 38.2 Å². The average Bonchev–Trinajstić information content (AvgIpc) is 2.43. The Kier molecular flexibility index (Phi) is 4.41. The molecule has 1 aromatic rings. The van der Waals surface area contributed by atoms with Gasteiger partial charge in [-0.3, -0.25) is 4.79 Å². The first-order valence-electron chi connectivity index (χ1n) is 6.18. The summed E-state index contributed by atoms with van der Waals surface area (Å²) in [7, 11) is 0. The smallest absolute Gasteiger partial charge is 0.255 e. The van der Waals surface area contributed by atoms with Crippen LogP contribution in [-0.2, 0) is 4.74 Å². The number of carbonyl (C=O) groups excluding carboxylic acids is 1. The summed E-state index contributed by atoms with van der Waals surface area (Å²) in [5.41, 5.74) is 1.44. The lowest BCUT2D eigenvalue weighted by Crippen LogP contribution is -2.29. The van der Waals surface area contributed by atoms with Crippen molar-refractivity contribution in [1.82, 2.24) is 5.32 Å². The zero-order valence-electron chi connectivity index (χ0n) is 10.5. The van der Waals surface area contributed by atoms with Crippen LogP contribution in [0.4, 0.5) is 5.69 Å². The molecule has 0 unspecified atom stereocenters. The Hall–Kier alpha value is -1.75. The third-order valence-electron chi connectivity index (χ3n) is 2.66. The molecule has 5 heteroatoms. The fourth-order valence-electron chi connectivity index (χ4n) is 1.83. The van der Waals surface area contributed by atoms with E-state index in [4.69, 9.17) is 9.47 Å². The molecule has 2 N–H and O–H groups in total. The van der Waals surface area contributed by atoms with Crippen molar-refractivity contribution >= 4 is 11.6 Å². The molecule has 0 fully saturated rings. The van der Waals surface area contributed by atoms with Gasteiger partial charge in [0.05, 0.1) is 17.9 Å². The van der Waals surface area contributed by atoms with E-state index in [0.29, 0.717) is 37.7 Å². The maximum absolute atomic E-state index is 12.0. The number of benzene rings is 1. The molecule has 0 bridgehead atoms. The molecular formula is C13H18N2O3. The van der Waals surface area contributed by atoms with Gasteiger partial charge in [-0.2, -0.15) is 0 Å². The van der Waals surface area contributed by atoms with Crippen LogP contribution in [0, 0.1) is 0 Å². The van der Waals surface area contributed by atoms with Gasteiger partial charge in [0, 0.05) is 19.7 Å². The van der Waals surface area contributed by atoms with Crippen molar-refractivity contribution in [2.45, 2.75) is 6.92 Å². The van der Waals surface area contributed by atoms with Crippen LogP contribution in [-0.4, -0.2) is 38.8 Å². The van der Waals surface area contributed by atoms with Gasteiger partial charge in [-0.15, -0.1) is 0 Å².